The molecule has 0 radical (unpaired) electrons. The molecule has 0 aliphatic carbocycles. The molecule has 110 valence electrons. The normalized spacial score (nSPS) is 12.0. The van der Waals surface area contributed by atoms with E-state index >= 15 is 0 Å². The summed E-state index contributed by atoms with van der Waals surface area (Å²) < 4.78 is 6.77. The molecule has 0 spiro atoms. The third-order valence-electron chi connectivity index (χ3n) is 3.37. The third-order valence-corrected chi connectivity index (χ3v) is 4.09. The molecule has 2 aromatic carbocycles. The van der Waals surface area contributed by atoms with Gasteiger partial charge in [0.15, 0.2) is 6.10 Å². The van der Waals surface area contributed by atoms with Crippen LogP contribution in [-0.2, 0) is 11.2 Å². The lowest BCUT2D eigenvalue weighted by Crippen LogP contribution is -2.29. The van der Waals surface area contributed by atoms with Crippen LogP contribution in [0.15, 0.2) is 42.5 Å². The van der Waals surface area contributed by atoms with E-state index in [-0.39, 0.29) is 0 Å². The van der Waals surface area contributed by atoms with Crippen LogP contribution in [0.5, 0.6) is 5.75 Å². The molecule has 0 aliphatic heterocycles. The Bertz CT molecular complexity index is 635. The quantitative estimate of drug-likeness (QED) is 0.778. The molecule has 1 atom stereocenters. The van der Waals surface area contributed by atoms with E-state index in [9.17, 15) is 9.90 Å². The fourth-order valence-corrected chi connectivity index (χ4v) is 2.33. The summed E-state index contributed by atoms with van der Waals surface area (Å²) in [5.74, 6) is -0.359. The van der Waals surface area contributed by atoms with Gasteiger partial charge in [-0.05, 0) is 77.4 Å². The van der Waals surface area contributed by atoms with E-state index in [2.05, 4.69) is 22.6 Å². The van der Waals surface area contributed by atoms with E-state index in [0.717, 1.165) is 20.3 Å². The first-order valence-corrected chi connectivity index (χ1v) is 7.75. The Kier molecular flexibility index (Phi) is 5.22. The van der Waals surface area contributed by atoms with Gasteiger partial charge in [0.1, 0.15) is 5.75 Å². The minimum absolute atomic E-state index is 0.346. The Morgan fingerprint density at radius 3 is 2.38 bits per heavy atom. The van der Waals surface area contributed by atoms with E-state index in [1.165, 1.54) is 0 Å². The molecular formula is C17H17IO3. The summed E-state index contributed by atoms with van der Waals surface area (Å²) in [7, 11) is 0. The summed E-state index contributed by atoms with van der Waals surface area (Å²) in [5.41, 5.74) is 3.20. The Morgan fingerprint density at radius 1 is 1.14 bits per heavy atom. The molecule has 0 aliphatic rings. The van der Waals surface area contributed by atoms with E-state index in [1.54, 1.807) is 0 Å². The van der Waals surface area contributed by atoms with Crippen LogP contribution in [0.25, 0.3) is 0 Å². The smallest absolute Gasteiger partial charge is 0.345 e. The highest BCUT2D eigenvalue weighted by Gasteiger charge is 2.20. The Labute approximate surface area is 138 Å². The van der Waals surface area contributed by atoms with Gasteiger partial charge in [-0.25, -0.2) is 4.79 Å². The first kappa shape index (κ1) is 15.8. The molecule has 0 unspecified atom stereocenters. The zero-order chi connectivity index (χ0) is 15.4. The molecule has 1 N–H and O–H groups in total. The number of ether oxygens (including phenoxy) is 1. The summed E-state index contributed by atoms with van der Waals surface area (Å²) in [6, 6.07) is 13.4. The highest BCUT2D eigenvalue weighted by atomic mass is 127. The van der Waals surface area contributed by atoms with E-state index in [4.69, 9.17) is 4.74 Å². The first-order chi connectivity index (χ1) is 9.95. The lowest BCUT2D eigenvalue weighted by Gasteiger charge is -2.16. The number of aryl methyl sites for hydroxylation is 2. The molecule has 21 heavy (non-hydrogen) atoms. The van der Waals surface area contributed by atoms with Crippen LogP contribution in [-0.4, -0.2) is 17.2 Å². The van der Waals surface area contributed by atoms with Crippen molar-refractivity contribution in [3.63, 3.8) is 0 Å². The molecule has 2 rings (SSSR count). The van der Waals surface area contributed by atoms with Crippen LogP contribution in [0.1, 0.15) is 16.7 Å². The molecule has 0 saturated carbocycles. The minimum Gasteiger partial charge on any atom is -0.478 e. The molecule has 0 saturated heterocycles. The Balaban J connectivity index is 2.13. The first-order valence-electron chi connectivity index (χ1n) is 6.67. The topological polar surface area (TPSA) is 46.5 Å². The SMILES string of the molecule is Cc1ccc(O[C@H](Cc2ccc(I)cc2)C(=O)O)cc1C. The van der Waals surface area contributed by atoms with Crippen LogP contribution in [0, 0.1) is 17.4 Å². The predicted molar refractivity (Wildman–Crippen MR) is 90.8 cm³/mol. The van der Waals surface area contributed by atoms with Crippen LogP contribution in [0.4, 0.5) is 0 Å². The number of aliphatic carboxylic acids is 1. The highest BCUT2D eigenvalue weighted by molar-refractivity contribution is 14.1. The number of hydrogen-bond acceptors (Lipinski definition) is 2. The molecule has 0 bridgehead atoms. The van der Waals surface area contributed by atoms with Gasteiger partial charge in [0, 0.05) is 9.99 Å². The number of hydrogen-bond donors (Lipinski definition) is 1. The van der Waals surface area contributed by atoms with Crippen molar-refractivity contribution in [2.75, 3.05) is 0 Å². The molecule has 2 aromatic rings. The average Bonchev–Trinajstić information content (AvgIpc) is 2.44. The second-order valence-electron chi connectivity index (χ2n) is 5.02. The van der Waals surface area contributed by atoms with Crippen LogP contribution in [0.3, 0.4) is 0 Å². The second-order valence-corrected chi connectivity index (χ2v) is 6.27. The maximum absolute atomic E-state index is 11.4. The van der Waals surface area contributed by atoms with E-state index in [0.29, 0.717) is 12.2 Å². The summed E-state index contributed by atoms with van der Waals surface area (Å²) in [5, 5.41) is 9.35. The van der Waals surface area contributed by atoms with Gasteiger partial charge in [0.25, 0.3) is 0 Å². The van der Waals surface area contributed by atoms with Crippen LogP contribution in [0.2, 0.25) is 0 Å². The number of carbonyl (C=O) groups is 1. The van der Waals surface area contributed by atoms with Gasteiger partial charge in [-0.15, -0.1) is 0 Å². The van der Waals surface area contributed by atoms with E-state index < -0.39 is 12.1 Å². The summed E-state index contributed by atoms with van der Waals surface area (Å²) >= 11 is 2.22. The zero-order valence-corrected chi connectivity index (χ0v) is 14.1. The summed E-state index contributed by atoms with van der Waals surface area (Å²) in [6.07, 6.45) is -0.536. The Hall–Kier alpha value is -1.56. The number of carboxylic acid groups (broad SMARTS) is 1. The largest absolute Gasteiger partial charge is 0.478 e. The number of carboxylic acids is 1. The van der Waals surface area contributed by atoms with Crippen molar-refractivity contribution in [3.05, 3.63) is 62.7 Å². The van der Waals surface area contributed by atoms with Crippen LogP contribution >= 0.6 is 22.6 Å². The fourth-order valence-electron chi connectivity index (χ4n) is 1.97. The van der Waals surface area contributed by atoms with Crippen molar-refractivity contribution >= 4 is 28.6 Å². The maximum Gasteiger partial charge on any atom is 0.345 e. The average molecular weight is 396 g/mol. The predicted octanol–water partition coefficient (Wildman–Crippen LogP) is 3.98. The van der Waals surface area contributed by atoms with Crippen molar-refractivity contribution in [2.24, 2.45) is 0 Å². The zero-order valence-electron chi connectivity index (χ0n) is 12.0. The maximum atomic E-state index is 11.4. The van der Waals surface area contributed by atoms with Gasteiger partial charge >= 0.3 is 5.97 Å². The number of benzene rings is 2. The molecule has 0 aromatic heterocycles. The summed E-state index contributed by atoms with van der Waals surface area (Å²) in [4.78, 5) is 11.4. The monoisotopic (exact) mass is 396 g/mol. The highest BCUT2D eigenvalue weighted by Crippen LogP contribution is 2.19. The molecule has 0 heterocycles. The lowest BCUT2D eigenvalue weighted by atomic mass is 10.1. The van der Waals surface area contributed by atoms with E-state index in [1.807, 2.05) is 56.3 Å². The van der Waals surface area contributed by atoms with Gasteiger partial charge in [-0.2, -0.15) is 0 Å². The van der Waals surface area contributed by atoms with Crippen LogP contribution < -0.4 is 4.74 Å². The Morgan fingerprint density at radius 2 is 1.81 bits per heavy atom. The van der Waals surface area contributed by atoms with Crippen molar-refractivity contribution in [1.82, 2.24) is 0 Å². The van der Waals surface area contributed by atoms with Crippen molar-refractivity contribution in [1.29, 1.82) is 0 Å². The van der Waals surface area contributed by atoms with Crippen molar-refractivity contribution < 1.29 is 14.6 Å². The number of halogens is 1. The van der Waals surface area contributed by atoms with Gasteiger partial charge in [-0.1, -0.05) is 18.2 Å². The third kappa shape index (κ3) is 4.46. The molecule has 3 nitrogen and oxygen atoms in total. The standard InChI is InChI=1S/C17H17IO3/c1-11-3-8-15(9-12(11)2)21-16(17(19)20)10-13-4-6-14(18)7-5-13/h3-9,16H,10H2,1-2H3,(H,19,20)/t16-/m1/s1. The van der Waals surface area contributed by atoms with Gasteiger partial charge in [-0.3, -0.25) is 0 Å². The lowest BCUT2D eigenvalue weighted by molar-refractivity contribution is -0.145. The fraction of sp³-hybridized carbons (Fsp3) is 0.235. The minimum atomic E-state index is -0.952. The molecule has 0 amide bonds. The molecule has 4 heteroatoms. The van der Waals surface area contributed by atoms with Crippen molar-refractivity contribution in [3.8, 4) is 5.75 Å². The number of rotatable bonds is 5. The van der Waals surface area contributed by atoms with Crippen molar-refractivity contribution in [2.45, 2.75) is 26.4 Å². The van der Waals surface area contributed by atoms with Gasteiger partial charge in [0.05, 0.1) is 0 Å². The second kappa shape index (κ2) is 6.93. The summed E-state index contributed by atoms with van der Waals surface area (Å²) in [6.45, 7) is 4.00. The van der Waals surface area contributed by atoms with Gasteiger partial charge in [0.2, 0.25) is 0 Å². The van der Waals surface area contributed by atoms with Gasteiger partial charge < -0.3 is 9.84 Å². The molecule has 0 fully saturated rings. The molecular weight excluding hydrogens is 379 g/mol.